The van der Waals surface area contributed by atoms with Crippen LogP contribution in [0.1, 0.15) is 44.2 Å². The van der Waals surface area contributed by atoms with Crippen LogP contribution in [0.2, 0.25) is 0 Å². The Morgan fingerprint density at radius 1 is 1.19 bits per heavy atom. The van der Waals surface area contributed by atoms with Gasteiger partial charge in [0.1, 0.15) is 12.2 Å². The fourth-order valence-corrected chi connectivity index (χ4v) is 4.97. The number of quaternary nitrogens is 1. The minimum atomic E-state index is -0.00289. The van der Waals surface area contributed by atoms with Crippen molar-refractivity contribution in [1.29, 1.82) is 0 Å². The van der Waals surface area contributed by atoms with Gasteiger partial charge in [0.15, 0.2) is 4.96 Å². The summed E-state index contributed by atoms with van der Waals surface area (Å²) in [6.45, 7) is 4.63. The summed E-state index contributed by atoms with van der Waals surface area (Å²) in [6, 6.07) is 1.65. The van der Waals surface area contributed by atoms with Crippen molar-refractivity contribution in [1.82, 2.24) is 14.3 Å². The molecule has 2 saturated heterocycles. The molecular formula is C19H27N4O2S+. The van der Waals surface area contributed by atoms with Gasteiger partial charge < -0.3 is 9.80 Å². The van der Waals surface area contributed by atoms with E-state index in [1.165, 1.54) is 29.1 Å². The van der Waals surface area contributed by atoms with E-state index in [0.29, 0.717) is 5.91 Å². The quantitative estimate of drug-likeness (QED) is 0.869. The van der Waals surface area contributed by atoms with Crippen molar-refractivity contribution in [2.75, 3.05) is 26.2 Å². The van der Waals surface area contributed by atoms with E-state index in [1.807, 2.05) is 5.38 Å². The highest BCUT2D eigenvalue weighted by Gasteiger charge is 2.31. The number of nitrogens with one attached hydrogen (secondary N) is 1. The number of rotatable bonds is 3. The largest absolute Gasteiger partial charge is 0.342 e. The number of aromatic nitrogens is 2. The first kappa shape index (κ1) is 17.7. The molecule has 0 aromatic carbocycles. The van der Waals surface area contributed by atoms with Gasteiger partial charge in [-0.15, -0.1) is 11.3 Å². The Hall–Kier alpha value is -1.73. The molecule has 1 amide bonds. The number of nitrogens with zero attached hydrogens (tertiary/aromatic N) is 3. The van der Waals surface area contributed by atoms with Gasteiger partial charge in [-0.3, -0.25) is 14.0 Å². The van der Waals surface area contributed by atoms with Crippen LogP contribution in [-0.4, -0.2) is 46.4 Å². The van der Waals surface area contributed by atoms with Gasteiger partial charge in [0, 0.05) is 49.5 Å². The van der Waals surface area contributed by atoms with Crippen molar-refractivity contribution in [3.8, 4) is 0 Å². The number of fused-ring (bicyclic) bond motifs is 1. The van der Waals surface area contributed by atoms with Gasteiger partial charge in [-0.2, -0.15) is 0 Å². The van der Waals surface area contributed by atoms with Crippen molar-refractivity contribution in [2.24, 2.45) is 5.92 Å². The SMILES string of the molecule is O=C(C1CC[NH+](Cc2cc(=O)n3ccsc3n2)CC1)N1CCCCCC1. The average molecular weight is 376 g/mol. The molecule has 0 bridgehead atoms. The normalized spacial score (nSPS) is 24.5. The summed E-state index contributed by atoms with van der Waals surface area (Å²) in [4.78, 5) is 33.8. The van der Waals surface area contributed by atoms with Crippen LogP contribution in [-0.2, 0) is 11.3 Å². The molecule has 26 heavy (non-hydrogen) atoms. The highest BCUT2D eigenvalue weighted by Crippen LogP contribution is 2.18. The zero-order valence-electron chi connectivity index (χ0n) is 15.2. The second-order valence-electron chi connectivity index (χ2n) is 7.58. The Kier molecular flexibility index (Phi) is 5.36. The molecule has 2 fully saturated rings. The first-order valence-electron chi connectivity index (χ1n) is 9.79. The Labute approximate surface area is 157 Å². The fraction of sp³-hybridized carbons (Fsp3) is 0.632. The van der Waals surface area contributed by atoms with E-state index in [-0.39, 0.29) is 11.5 Å². The zero-order chi connectivity index (χ0) is 17.9. The van der Waals surface area contributed by atoms with Crippen LogP contribution in [0.25, 0.3) is 4.96 Å². The Balaban J connectivity index is 1.34. The van der Waals surface area contributed by atoms with Crippen LogP contribution in [0.4, 0.5) is 0 Å². The molecule has 0 radical (unpaired) electrons. The third kappa shape index (κ3) is 3.83. The minimum absolute atomic E-state index is 0.00289. The predicted molar refractivity (Wildman–Crippen MR) is 102 cm³/mol. The summed E-state index contributed by atoms with van der Waals surface area (Å²) in [5.41, 5.74) is 0.863. The standard InChI is InChI=1S/C19H26N4O2S/c24-17-13-16(20-19-23(17)11-12-26-19)14-21-9-5-15(6-10-21)18(25)22-7-3-1-2-4-8-22/h11-13,15H,1-10,14H2/p+1. The van der Waals surface area contributed by atoms with E-state index in [0.717, 1.165) is 69.1 Å². The molecule has 2 aromatic rings. The van der Waals surface area contributed by atoms with E-state index >= 15 is 0 Å². The maximum absolute atomic E-state index is 12.8. The Morgan fingerprint density at radius 3 is 2.65 bits per heavy atom. The molecule has 6 nitrogen and oxygen atoms in total. The molecule has 0 unspecified atom stereocenters. The topological polar surface area (TPSA) is 59.1 Å². The van der Waals surface area contributed by atoms with Gasteiger partial charge in [0.05, 0.1) is 13.1 Å². The molecule has 1 N–H and O–H groups in total. The van der Waals surface area contributed by atoms with Gasteiger partial charge in [-0.05, 0) is 12.8 Å². The van der Waals surface area contributed by atoms with Crippen LogP contribution in [0, 0.1) is 5.92 Å². The summed E-state index contributed by atoms with van der Waals surface area (Å²) >= 11 is 1.49. The lowest BCUT2D eigenvalue weighted by Crippen LogP contribution is -3.12. The number of carbonyl (C=O) groups excluding carboxylic acids is 1. The van der Waals surface area contributed by atoms with Crippen LogP contribution in [0.15, 0.2) is 22.4 Å². The van der Waals surface area contributed by atoms with E-state index in [4.69, 9.17) is 0 Å². The molecule has 2 aliphatic rings. The van der Waals surface area contributed by atoms with Crippen molar-refractivity contribution in [3.05, 3.63) is 33.7 Å². The molecule has 4 rings (SSSR count). The Morgan fingerprint density at radius 2 is 1.92 bits per heavy atom. The molecule has 2 aliphatic heterocycles. The van der Waals surface area contributed by atoms with Crippen LogP contribution in [0.5, 0.6) is 0 Å². The van der Waals surface area contributed by atoms with Crippen molar-refractivity contribution < 1.29 is 9.69 Å². The second kappa shape index (κ2) is 7.88. The van der Waals surface area contributed by atoms with Crippen LogP contribution >= 0.6 is 11.3 Å². The molecule has 0 atom stereocenters. The number of likely N-dealkylation sites (tertiary alicyclic amines) is 2. The van der Waals surface area contributed by atoms with E-state index in [1.54, 1.807) is 16.7 Å². The molecule has 0 aliphatic carbocycles. The zero-order valence-corrected chi connectivity index (χ0v) is 16.0. The molecule has 2 aromatic heterocycles. The summed E-state index contributed by atoms with van der Waals surface area (Å²) in [5, 5.41) is 1.89. The maximum atomic E-state index is 12.8. The lowest BCUT2D eigenvalue weighted by molar-refractivity contribution is -0.919. The lowest BCUT2D eigenvalue weighted by atomic mass is 9.95. The smallest absolute Gasteiger partial charge is 0.258 e. The molecule has 7 heteroatoms. The maximum Gasteiger partial charge on any atom is 0.258 e. The first-order chi connectivity index (χ1) is 12.7. The summed E-state index contributed by atoms with van der Waals surface area (Å²) in [5.74, 6) is 0.567. The predicted octanol–water partition coefficient (Wildman–Crippen LogP) is 0.954. The van der Waals surface area contributed by atoms with Gasteiger partial charge in [0.2, 0.25) is 5.91 Å². The fourth-order valence-electron chi connectivity index (χ4n) is 4.23. The number of carbonyl (C=O) groups is 1. The van der Waals surface area contributed by atoms with Gasteiger partial charge in [-0.25, -0.2) is 4.98 Å². The number of hydrogen-bond acceptors (Lipinski definition) is 4. The molecule has 140 valence electrons. The summed E-state index contributed by atoms with van der Waals surface area (Å²) in [6.07, 6.45) is 8.49. The van der Waals surface area contributed by atoms with Crippen molar-refractivity contribution >= 4 is 22.2 Å². The summed E-state index contributed by atoms with van der Waals surface area (Å²) < 4.78 is 1.59. The van der Waals surface area contributed by atoms with Gasteiger partial charge >= 0.3 is 0 Å². The van der Waals surface area contributed by atoms with E-state index in [2.05, 4.69) is 9.88 Å². The highest BCUT2D eigenvalue weighted by atomic mass is 32.1. The lowest BCUT2D eigenvalue weighted by Gasteiger charge is -2.31. The van der Waals surface area contributed by atoms with Crippen molar-refractivity contribution in [3.63, 3.8) is 0 Å². The van der Waals surface area contributed by atoms with Gasteiger partial charge in [0.25, 0.3) is 5.56 Å². The summed E-state index contributed by atoms with van der Waals surface area (Å²) in [7, 11) is 0. The third-order valence-corrected chi connectivity index (χ3v) is 6.50. The average Bonchev–Trinajstić information content (AvgIpc) is 2.96. The molecular weight excluding hydrogens is 348 g/mol. The first-order valence-corrected chi connectivity index (χ1v) is 10.7. The van der Waals surface area contributed by atoms with Crippen LogP contribution < -0.4 is 10.5 Å². The minimum Gasteiger partial charge on any atom is -0.342 e. The van der Waals surface area contributed by atoms with Crippen LogP contribution in [0.3, 0.4) is 0 Å². The van der Waals surface area contributed by atoms with Crippen molar-refractivity contribution in [2.45, 2.75) is 45.1 Å². The van der Waals surface area contributed by atoms with Gasteiger partial charge in [-0.1, -0.05) is 12.8 Å². The van der Waals surface area contributed by atoms with E-state index < -0.39 is 0 Å². The number of amides is 1. The number of hydrogen-bond donors (Lipinski definition) is 1. The highest BCUT2D eigenvalue weighted by molar-refractivity contribution is 7.15. The second-order valence-corrected chi connectivity index (χ2v) is 8.45. The third-order valence-electron chi connectivity index (χ3n) is 5.75. The van der Waals surface area contributed by atoms with E-state index in [9.17, 15) is 9.59 Å². The molecule has 0 saturated carbocycles. The monoisotopic (exact) mass is 375 g/mol. The molecule has 4 heterocycles. The number of thiazole rings is 1. The number of piperidine rings is 1. The molecule has 0 spiro atoms. The Bertz CT molecular complexity index is 814.